The van der Waals surface area contributed by atoms with Crippen molar-refractivity contribution in [3.8, 4) is 0 Å². The Kier molecular flexibility index (Phi) is 3.76. The Hall–Kier alpha value is -2.34. The molecule has 1 aromatic carbocycles. The first-order valence-electron chi connectivity index (χ1n) is 8.52. The van der Waals surface area contributed by atoms with Gasteiger partial charge in [-0.15, -0.1) is 0 Å². The molecule has 0 saturated heterocycles. The summed E-state index contributed by atoms with van der Waals surface area (Å²) in [5.41, 5.74) is 5.08. The molecule has 126 valence electrons. The molecule has 6 nitrogen and oxygen atoms in total. The number of carbonyl (C=O) groups excluding carboxylic acids is 1. The Labute approximate surface area is 141 Å². The number of hydrogen-bond donors (Lipinski definition) is 2. The predicted octanol–water partition coefficient (Wildman–Crippen LogP) is 1.54. The zero-order chi connectivity index (χ0) is 16.7. The summed E-state index contributed by atoms with van der Waals surface area (Å²) < 4.78 is 0. The highest BCUT2D eigenvalue weighted by Gasteiger charge is 2.31. The fourth-order valence-corrected chi connectivity index (χ4v) is 3.76. The van der Waals surface area contributed by atoms with E-state index >= 15 is 0 Å². The van der Waals surface area contributed by atoms with Crippen molar-refractivity contribution in [3.63, 3.8) is 0 Å². The second kappa shape index (κ2) is 5.94. The van der Waals surface area contributed by atoms with E-state index in [1.165, 1.54) is 11.3 Å². The van der Waals surface area contributed by atoms with Crippen LogP contribution >= 0.6 is 0 Å². The summed E-state index contributed by atoms with van der Waals surface area (Å²) in [7, 11) is 2.09. The van der Waals surface area contributed by atoms with Gasteiger partial charge in [0.15, 0.2) is 5.69 Å². The molecule has 0 radical (unpaired) electrons. The molecule has 0 bridgehead atoms. The van der Waals surface area contributed by atoms with E-state index in [1.54, 1.807) is 0 Å². The summed E-state index contributed by atoms with van der Waals surface area (Å²) in [5, 5.41) is 10.7. The molecule has 24 heavy (non-hydrogen) atoms. The number of amides is 1. The highest BCUT2D eigenvalue weighted by molar-refractivity contribution is 5.94. The van der Waals surface area contributed by atoms with Gasteiger partial charge >= 0.3 is 0 Å². The molecular formula is C18H23N5O. The quantitative estimate of drug-likeness (QED) is 0.835. The largest absolute Gasteiger partial charge is 0.372 e. The van der Waals surface area contributed by atoms with E-state index in [2.05, 4.69) is 46.5 Å². The van der Waals surface area contributed by atoms with Gasteiger partial charge in [0.2, 0.25) is 0 Å². The minimum atomic E-state index is 0.0220. The molecule has 1 unspecified atom stereocenters. The minimum Gasteiger partial charge on any atom is -0.372 e. The maximum absolute atomic E-state index is 13.2. The summed E-state index contributed by atoms with van der Waals surface area (Å²) in [6.45, 7) is 5.19. The lowest BCUT2D eigenvalue weighted by molar-refractivity contribution is 0.0679. The third kappa shape index (κ3) is 2.47. The van der Waals surface area contributed by atoms with Gasteiger partial charge in [0.25, 0.3) is 5.91 Å². The Bertz CT molecular complexity index is 769. The number of carbonyl (C=O) groups is 1. The fourth-order valence-electron chi connectivity index (χ4n) is 3.76. The molecule has 0 aliphatic carbocycles. The van der Waals surface area contributed by atoms with Crippen LogP contribution in [0.1, 0.15) is 34.2 Å². The molecule has 2 aromatic rings. The summed E-state index contributed by atoms with van der Waals surface area (Å²) in [6.07, 6.45) is 0.900. The van der Waals surface area contributed by atoms with Crippen LogP contribution < -0.4 is 10.2 Å². The number of H-pyrrole nitrogens is 1. The maximum Gasteiger partial charge on any atom is 0.275 e. The Morgan fingerprint density at radius 1 is 1.33 bits per heavy atom. The molecule has 0 spiro atoms. The highest BCUT2D eigenvalue weighted by Crippen LogP contribution is 2.27. The fraction of sp³-hybridized carbons (Fsp3) is 0.444. The van der Waals surface area contributed by atoms with Crippen LogP contribution in [0.4, 0.5) is 5.69 Å². The van der Waals surface area contributed by atoms with Crippen molar-refractivity contribution in [3.05, 3.63) is 46.8 Å². The number of aromatic nitrogens is 2. The van der Waals surface area contributed by atoms with Crippen molar-refractivity contribution < 1.29 is 4.79 Å². The second-order valence-electron chi connectivity index (χ2n) is 6.75. The molecule has 4 rings (SSSR count). The first-order chi connectivity index (χ1) is 11.6. The molecular weight excluding hydrogens is 302 g/mol. The van der Waals surface area contributed by atoms with E-state index in [1.807, 2.05) is 17.0 Å². The average molecular weight is 325 g/mol. The predicted molar refractivity (Wildman–Crippen MR) is 93.0 cm³/mol. The first-order valence-corrected chi connectivity index (χ1v) is 8.52. The van der Waals surface area contributed by atoms with Crippen LogP contribution in [0.25, 0.3) is 0 Å². The molecule has 3 heterocycles. The number of hydrogen-bond acceptors (Lipinski definition) is 4. The Balaban J connectivity index is 1.68. The van der Waals surface area contributed by atoms with Gasteiger partial charge in [-0.3, -0.25) is 9.89 Å². The van der Waals surface area contributed by atoms with E-state index in [4.69, 9.17) is 0 Å². The van der Waals surface area contributed by atoms with Crippen LogP contribution in [-0.4, -0.2) is 47.2 Å². The van der Waals surface area contributed by atoms with Crippen molar-refractivity contribution in [2.45, 2.75) is 32.5 Å². The van der Waals surface area contributed by atoms with E-state index in [9.17, 15) is 4.79 Å². The van der Waals surface area contributed by atoms with Crippen molar-refractivity contribution in [2.24, 2.45) is 0 Å². The molecule has 2 aliphatic rings. The third-order valence-electron chi connectivity index (χ3n) is 5.08. The smallest absolute Gasteiger partial charge is 0.275 e. The standard InChI is InChI=1S/C18H23N5O/c1-12-10-22(2)16-6-4-3-5-13(16)11-23(12)18(24)17-14-9-19-8-7-15(14)20-21-17/h3-6,12,19H,7-11H2,1-2H3,(H,20,21). The lowest BCUT2D eigenvalue weighted by Gasteiger charge is -2.28. The van der Waals surface area contributed by atoms with Gasteiger partial charge in [-0.1, -0.05) is 18.2 Å². The number of benzene rings is 1. The summed E-state index contributed by atoms with van der Waals surface area (Å²) in [5.74, 6) is 0.0220. The van der Waals surface area contributed by atoms with E-state index in [0.29, 0.717) is 18.8 Å². The van der Waals surface area contributed by atoms with Gasteiger partial charge in [-0.2, -0.15) is 5.10 Å². The SMILES string of the molecule is CC1CN(C)c2ccccc2CN1C(=O)c1n[nH]c2c1CNCC2. The molecule has 1 atom stereocenters. The molecule has 0 saturated carbocycles. The normalized spacial score (nSPS) is 20.3. The lowest BCUT2D eigenvalue weighted by atomic mass is 10.1. The van der Waals surface area contributed by atoms with Crippen LogP contribution in [0.15, 0.2) is 24.3 Å². The first kappa shape index (κ1) is 15.2. The number of nitrogens with one attached hydrogen (secondary N) is 2. The number of anilines is 1. The Morgan fingerprint density at radius 3 is 3.04 bits per heavy atom. The topological polar surface area (TPSA) is 64.3 Å². The molecule has 2 N–H and O–H groups in total. The number of fused-ring (bicyclic) bond motifs is 2. The van der Waals surface area contributed by atoms with Crippen molar-refractivity contribution >= 4 is 11.6 Å². The van der Waals surface area contributed by atoms with Gasteiger partial charge in [0.05, 0.1) is 0 Å². The minimum absolute atomic E-state index is 0.0220. The number of likely N-dealkylation sites (N-methyl/N-ethyl adjacent to an activating group) is 1. The summed E-state index contributed by atoms with van der Waals surface area (Å²) in [6, 6.07) is 8.43. The van der Waals surface area contributed by atoms with Crippen LogP contribution in [0, 0.1) is 0 Å². The van der Waals surface area contributed by atoms with E-state index in [-0.39, 0.29) is 11.9 Å². The summed E-state index contributed by atoms with van der Waals surface area (Å²) >= 11 is 0. The number of aromatic amines is 1. The van der Waals surface area contributed by atoms with Crippen LogP contribution in [-0.2, 0) is 19.5 Å². The summed E-state index contributed by atoms with van der Waals surface area (Å²) in [4.78, 5) is 17.4. The third-order valence-corrected chi connectivity index (χ3v) is 5.08. The molecule has 1 aromatic heterocycles. The second-order valence-corrected chi connectivity index (χ2v) is 6.75. The van der Waals surface area contributed by atoms with E-state index < -0.39 is 0 Å². The molecule has 2 aliphatic heterocycles. The van der Waals surface area contributed by atoms with Gasteiger partial charge in [0.1, 0.15) is 0 Å². The molecule has 0 fully saturated rings. The number of rotatable bonds is 1. The molecule has 1 amide bonds. The Morgan fingerprint density at radius 2 is 2.17 bits per heavy atom. The zero-order valence-electron chi connectivity index (χ0n) is 14.2. The monoisotopic (exact) mass is 325 g/mol. The van der Waals surface area contributed by atoms with Gasteiger partial charge < -0.3 is 15.1 Å². The number of nitrogens with zero attached hydrogens (tertiary/aromatic N) is 3. The van der Waals surface area contributed by atoms with Crippen LogP contribution in [0.3, 0.4) is 0 Å². The van der Waals surface area contributed by atoms with Gasteiger partial charge in [-0.05, 0) is 18.6 Å². The van der Waals surface area contributed by atoms with Crippen LogP contribution in [0.5, 0.6) is 0 Å². The van der Waals surface area contributed by atoms with Crippen LogP contribution in [0.2, 0.25) is 0 Å². The zero-order valence-corrected chi connectivity index (χ0v) is 14.2. The van der Waals surface area contributed by atoms with Crippen molar-refractivity contribution in [1.82, 2.24) is 20.4 Å². The van der Waals surface area contributed by atoms with Gasteiger partial charge in [-0.25, -0.2) is 0 Å². The highest BCUT2D eigenvalue weighted by atomic mass is 16.2. The average Bonchev–Trinajstić information content (AvgIpc) is 2.98. The molecule has 6 heteroatoms. The lowest BCUT2D eigenvalue weighted by Crippen LogP contribution is -2.42. The van der Waals surface area contributed by atoms with Crippen molar-refractivity contribution in [1.29, 1.82) is 0 Å². The number of para-hydroxylation sites is 1. The van der Waals surface area contributed by atoms with E-state index in [0.717, 1.165) is 30.8 Å². The van der Waals surface area contributed by atoms with Gasteiger partial charge in [0, 0.05) is 62.6 Å². The maximum atomic E-state index is 13.2. The van der Waals surface area contributed by atoms with Crippen molar-refractivity contribution in [2.75, 3.05) is 25.0 Å².